The second-order valence-electron chi connectivity index (χ2n) is 4.67. The van der Waals surface area contributed by atoms with Crippen molar-refractivity contribution in [1.29, 1.82) is 0 Å². The van der Waals surface area contributed by atoms with Gasteiger partial charge in [0.2, 0.25) is 0 Å². The Hall–Kier alpha value is -0.870. The van der Waals surface area contributed by atoms with E-state index in [9.17, 15) is 0 Å². The molecule has 90 valence electrons. The van der Waals surface area contributed by atoms with Gasteiger partial charge in [-0.1, -0.05) is 12.1 Å². The molecular weight excluding hydrogens is 202 g/mol. The van der Waals surface area contributed by atoms with Crippen LogP contribution in [0.4, 0.5) is 0 Å². The Morgan fingerprint density at radius 2 is 2.25 bits per heavy atom. The van der Waals surface area contributed by atoms with Crippen LogP contribution in [0.15, 0.2) is 4.52 Å². The molecule has 16 heavy (non-hydrogen) atoms. The highest BCUT2D eigenvalue weighted by Crippen LogP contribution is 2.34. The van der Waals surface area contributed by atoms with Crippen LogP contribution >= 0.6 is 0 Å². The van der Waals surface area contributed by atoms with Gasteiger partial charge in [0, 0.05) is 18.2 Å². The third-order valence-electron chi connectivity index (χ3n) is 3.44. The van der Waals surface area contributed by atoms with Crippen molar-refractivity contribution in [3.63, 3.8) is 0 Å². The lowest BCUT2D eigenvalue weighted by Gasteiger charge is -2.26. The SMILES string of the molecule is CCCN1CC[C@@H](N)[C@@H]1c1c(C)noc1C. The summed E-state index contributed by atoms with van der Waals surface area (Å²) in [5, 5.41) is 4.03. The summed E-state index contributed by atoms with van der Waals surface area (Å²) in [6, 6.07) is 0.509. The largest absolute Gasteiger partial charge is 0.361 e. The van der Waals surface area contributed by atoms with Crippen LogP contribution in [0.1, 0.15) is 42.8 Å². The fourth-order valence-corrected chi connectivity index (χ4v) is 2.73. The first-order valence-electron chi connectivity index (χ1n) is 6.07. The summed E-state index contributed by atoms with van der Waals surface area (Å²) >= 11 is 0. The van der Waals surface area contributed by atoms with E-state index in [0.29, 0.717) is 6.04 Å². The molecule has 2 heterocycles. The molecule has 0 spiro atoms. The molecule has 4 heteroatoms. The summed E-state index contributed by atoms with van der Waals surface area (Å²) in [5.74, 6) is 0.918. The molecule has 1 saturated heterocycles. The minimum Gasteiger partial charge on any atom is -0.361 e. The van der Waals surface area contributed by atoms with Crippen molar-refractivity contribution >= 4 is 0 Å². The molecule has 1 aliphatic rings. The maximum atomic E-state index is 6.22. The topological polar surface area (TPSA) is 55.3 Å². The van der Waals surface area contributed by atoms with Crippen LogP contribution < -0.4 is 5.73 Å². The average Bonchev–Trinajstić information content (AvgIpc) is 2.74. The maximum absolute atomic E-state index is 6.22. The van der Waals surface area contributed by atoms with E-state index in [1.54, 1.807) is 0 Å². The van der Waals surface area contributed by atoms with Gasteiger partial charge in [-0.05, 0) is 33.2 Å². The quantitative estimate of drug-likeness (QED) is 0.848. The second kappa shape index (κ2) is 4.55. The first-order valence-corrected chi connectivity index (χ1v) is 6.07. The monoisotopic (exact) mass is 223 g/mol. The summed E-state index contributed by atoms with van der Waals surface area (Å²) in [6.45, 7) is 8.37. The van der Waals surface area contributed by atoms with Crippen molar-refractivity contribution in [2.75, 3.05) is 13.1 Å². The molecule has 0 radical (unpaired) electrons. The fraction of sp³-hybridized carbons (Fsp3) is 0.750. The molecule has 1 fully saturated rings. The van der Waals surface area contributed by atoms with E-state index in [0.717, 1.165) is 37.4 Å². The number of aromatic nitrogens is 1. The lowest BCUT2D eigenvalue weighted by molar-refractivity contribution is 0.245. The van der Waals surface area contributed by atoms with Gasteiger partial charge < -0.3 is 10.3 Å². The Balaban J connectivity index is 2.29. The highest BCUT2D eigenvalue weighted by molar-refractivity contribution is 5.27. The van der Waals surface area contributed by atoms with E-state index in [1.165, 1.54) is 5.56 Å². The van der Waals surface area contributed by atoms with Crippen molar-refractivity contribution in [2.45, 2.75) is 45.7 Å². The van der Waals surface area contributed by atoms with Gasteiger partial charge in [-0.2, -0.15) is 0 Å². The Morgan fingerprint density at radius 1 is 1.50 bits per heavy atom. The number of likely N-dealkylation sites (tertiary alicyclic amines) is 1. The molecule has 1 aromatic rings. The Kier molecular flexibility index (Phi) is 3.30. The molecule has 0 amide bonds. The Labute approximate surface area is 96.8 Å². The minimum atomic E-state index is 0.211. The number of aryl methyl sites for hydroxylation is 2. The van der Waals surface area contributed by atoms with Gasteiger partial charge in [0.1, 0.15) is 5.76 Å². The van der Waals surface area contributed by atoms with E-state index in [2.05, 4.69) is 17.0 Å². The van der Waals surface area contributed by atoms with Crippen molar-refractivity contribution in [3.05, 3.63) is 17.0 Å². The Bertz CT molecular complexity index is 340. The zero-order chi connectivity index (χ0) is 11.7. The molecule has 0 saturated carbocycles. The second-order valence-corrected chi connectivity index (χ2v) is 4.67. The number of nitrogens with two attached hydrogens (primary N) is 1. The lowest BCUT2D eigenvalue weighted by atomic mass is 9.99. The molecule has 1 aliphatic heterocycles. The molecule has 1 aromatic heterocycles. The van der Waals surface area contributed by atoms with Crippen LogP contribution in [0.2, 0.25) is 0 Å². The first-order chi connectivity index (χ1) is 7.65. The van der Waals surface area contributed by atoms with Crippen LogP contribution in [0.5, 0.6) is 0 Å². The number of rotatable bonds is 3. The average molecular weight is 223 g/mol. The fourth-order valence-electron chi connectivity index (χ4n) is 2.73. The predicted molar refractivity (Wildman–Crippen MR) is 63.2 cm³/mol. The normalized spacial score (nSPS) is 26.5. The third kappa shape index (κ3) is 1.87. The maximum Gasteiger partial charge on any atom is 0.138 e. The van der Waals surface area contributed by atoms with E-state index in [4.69, 9.17) is 10.3 Å². The highest BCUT2D eigenvalue weighted by Gasteiger charge is 2.35. The van der Waals surface area contributed by atoms with Crippen molar-refractivity contribution in [3.8, 4) is 0 Å². The number of hydrogen-bond acceptors (Lipinski definition) is 4. The molecular formula is C12H21N3O. The van der Waals surface area contributed by atoms with Gasteiger partial charge >= 0.3 is 0 Å². The van der Waals surface area contributed by atoms with Crippen LogP contribution in [-0.2, 0) is 0 Å². The van der Waals surface area contributed by atoms with Gasteiger partial charge in [-0.15, -0.1) is 0 Å². The zero-order valence-corrected chi connectivity index (χ0v) is 10.4. The number of nitrogens with zero attached hydrogens (tertiary/aromatic N) is 2. The molecule has 0 aromatic carbocycles. The molecule has 2 atom stereocenters. The molecule has 2 rings (SSSR count). The molecule has 0 unspecified atom stereocenters. The molecule has 2 N–H and O–H groups in total. The third-order valence-corrected chi connectivity index (χ3v) is 3.44. The van der Waals surface area contributed by atoms with Crippen LogP contribution in [0.25, 0.3) is 0 Å². The zero-order valence-electron chi connectivity index (χ0n) is 10.4. The number of hydrogen-bond donors (Lipinski definition) is 1. The van der Waals surface area contributed by atoms with Crippen LogP contribution in [-0.4, -0.2) is 29.2 Å². The van der Waals surface area contributed by atoms with Crippen molar-refractivity contribution < 1.29 is 4.52 Å². The van der Waals surface area contributed by atoms with Crippen molar-refractivity contribution in [1.82, 2.24) is 10.1 Å². The minimum absolute atomic E-state index is 0.211. The van der Waals surface area contributed by atoms with E-state index < -0.39 is 0 Å². The predicted octanol–water partition coefficient (Wildman–Crippen LogP) is 1.78. The smallest absolute Gasteiger partial charge is 0.138 e. The lowest BCUT2D eigenvalue weighted by Crippen LogP contribution is -2.33. The van der Waals surface area contributed by atoms with Gasteiger partial charge in [-0.25, -0.2) is 0 Å². The highest BCUT2D eigenvalue weighted by atomic mass is 16.5. The van der Waals surface area contributed by atoms with E-state index in [1.807, 2.05) is 13.8 Å². The van der Waals surface area contributed by atoms with Gasteiger partial charge in [-0.3, -0.25) is 4.90 Å². The van der Waals surface area contributed by atoms with E-state index >= 15 is 0 Å². The van der Waals surface area contributed by atoms with E-state index in [-0.39, 0.29) is 6.04 Å². The van der Waals surface area contributed by atoms with Crippen LogP contribution in [0.3, 0.4) is 0 Å². The van der Waals surface area contributed by atoms with Crippen LogP contribution in [0, 0.1) is 13.8 Å². The van der Waals surface area contributed by atoms with Gasteiger partial charge in [0.15, 0.2) is 0 Å². The summed E-state index contributed by atoms with van der Waals surface area (Å²) in [4.78, 5) is 2.46. The Morgan fingerprint density at radius 3 is 2.81 bits per heavy atom. The standard InChI is InChI=1S/C12H21N3O/c1-4-6-15-7-5-10(13)12(15)11-8(2)14-16-9(11)3/h10,12H,4-7,13H2,1-3H3/t10-,12-/m1/s1. The van der Waals surface area contributed by atoms with Crippen molar-refractivity contribution in [2.24, 2.45) is 5.73 Å². The molecule has 0 aliphatic carbocycles. The van der Waals surface area contributed by atoms with Gasteiger partial charge in [0.05, 0.1) is 11.7 Å². The molecule has 0 bridgehead atoms. The summed E-state index contributed by atoms with van der Waals surface area (Å²) in [5.41, 5.74) is 8.41. The van der Waals surface area contributed by atoms with Gasteiger partial charge in [0.25, 0.3) is 0 Å². The first kappa shape index (κ1) is 11.6. The molecule has 4 nitrogen and oxygen atoms in total. The summed E-state index contributed by atoms with van der Waals surface area (Å²) in [7, 11) is 0. The summed E-state index contributed by atoms with van der Waals surface area (Å²) in [6.07, 6.45) is 2.22. The summed E-state index contributed by atoms with van der Waals surface area (Å²) < 4.78 is 5.25.